The van der Waals surface area contributed by atoms with Gasteiger partial charge in [0.05, 0.1) is 13.2 Å². The molecule has 1 N–H and O–H groups in total. The van der Waals surface area contributed by atoms with Crippen LogP contribution in [0.15, 0.2) is 30.5 Å². The highest BCUT2D eigenvalue weighted by Gasteiger charge is 2.33. The molecule has 1 fully saturated rings. The molecule has 2 aromatic rings. The van der Waals surface area contributed by atoms with E-state index in [4.69, 9.17) is 4.74 Å². The number of rotatable bonds is 3. The van der Waals surface area contributed by atoms with Crippen molar-refractivity contribution in [2.45, 2.75) is 25.8 Å². The van der Waals surface area contributed by atoms with Gasteiger partial charge in [-0.05, 0) is 37.5 Å². The van der Waals surface area contributed by atoms with Crippen molar-refractivity contribution in [2.24, 2.45) is 0 Å². The van der Waals surface area contributed by atoms with Crippen LogP contribution in [0.3, 0.4) is 0 Å². The number of aryl methyl sites for hydroxylation is 1. The van der Waals surface area contributed by atoms with E-state index in [1.54, 1.807) is 18.2 Å². The van der Waals surface area contributed by atoms with Crippen molar-refractivity contribution in [2.75, 3.05) is 19.0 Å². The van der Waals surface area contributed by atoms with Crippen LogP contribution >= 0.6 is 11.3 Å². The first-order valence-electron chi connectivity index (χ1n) is 7.77. The summed E-state index contributed by atoms with van der Waals surface area (Å²) < 4.78 is 5.25. The molecule has 2 heterocycles. The highest BCUT2D eigenvalue weighted by atomic mass is 32.1. The van der Waals surface area contributed by atoms with E-state index in [0.29, 0.717) is 11.7 Å². The van der Waals surface area contributed by atoms with Gasteiger partial charge in [-0.3, -0.25) is 14.9 Å². The standard InChI is InChI=1S/C17H19N3O3S/c1-11-10-18-17(24-11)19-15(21)16(22)20-8-4-7-14(20)12-5-3-6-13(9-12)23-2/h3,5-6,9-10,14H,4,7-8H2,1-2H3,(H,18,19,21). The number of benzene rings is 1. The number of methoxy groups -OCH3 is 1. The van der Waals surface area contributed by atoms with Gasteiger partial charge in [0, 0.05) is 17.6 Å². The zero-order valence-corrected chi connectivity index (χ0v) is 14.4. The Balaban J connectivity index is 1.74. The van der Waals surface area contributed by atoms with Gasteiger partial charge in [0.1, 0.15) is 5.75 Å². The van der Waals surface area contributed by atoms with E-state index in [-0.39, 0.29) is 6.04 Å². The summed E-state index contributed by atoms with van der Waals surface area (Å²) in [6.45, 7) is 2.47. The molecule has 1 aliphatic rings. The highest BCUT2D eigenvalue weighted by Crippen LogP contribution is 2.33. The zero-order valence-electron chi connectivity index (χ0n) is 13.6. The molecule has 6 nitrogen and oxygen atoms in total. The summed E-state index contributed by atoms with van der Waals surface area (Å²) in [5, 5.41) is 3.03. The first-order chi connectivity index (χ1) is 11.6. The van der Waals surface area contributed by atoms with Gasteiger partial charge in [0.15, 0.2) is 5.13 Å². The van der Waals surface area contributed by atoms with Crippen LogP contribution in [-0.2, 0) is 9.59 Å². The molecule has 1 aromatic heterocycles. The van der Waals surface area contributed by atoms with Gasteiger partial charge in [-0.2, -0.15) is 0 Å². The molecule has 1 saturated heterocycles. The van der Waals surface area contributed by atoms with E-state index in [9.17, 15) is 9.59 Å². The lowest BCUT2D eigenvalue weighted by Crippen LogP contribution is -2.39. The number of aromatic nitrogens is 1. The van der Waals surface area contributed by atoms with Crippen LogP contribution in [0.1, 0.15) is 29.3 Å². The average molecular weight is 345 g/mol. The predicted octanol–water partition coefficient (Wildman–Crippen LogP) is 2.76. The summed E-state index contributed by atoms with van der Waals surface area (Å²) in [7, 11) is 1.61. The molecule has 2 amide bonds. The number of nitrogens with zero attached hydrogens (tertiary/aromatic N) is 2. The number of amides is 2. The molecule has 3 rings (SSSR count). The Morgan fingerprint density at radius 3 is 2.96 bits per heavy atom. The third-order valence-corrected chi connectivity index (χ3v) is 4.86. The molecular formula is C17H19N3O3S. The minimum Gasteiger partial charge on any atom is -0.497 e. The quantitative estimate of drug-likeness (QED) is 0.868. The Labute approximate surface area is 144 Å². The lowest BCUT2D eigenvalue weighted by atomic mass is 10.0. The van der Waals surface area contributed by atoms with Crippen LogP contribution in [0.2, 0.25) is 0 Å². The number of anilines is 1. The molecule has 1 atom stereocenters. The zero-order chi connectivity index (χ0) is 17.1. The summed E-state index contributed by atoms with van der Waals surface area (Å²) in [5.41, 5.74) is 0.984. The molecule has 1 unspecified atom stereocenters. The maximum absolute atomic E-state index is 12.6. The topological polar surface area (TPSA) is 71.5 Å². The van der Waals surface area contributed by atoms with Crippen molar-refractivity contribution in [3.05, 3.63) is 40.9 Å². The van der Waals surface area contributed by atoms with Gasteiger partial charge in [-0.25, -0.2) is 4.98 Å². The van der Waals surface area contributed by atoms with Crippen molar-refractivity contribution in [3.63, 3.8) is 0 Å². The van der Waals surface area contributed by atoms with Crippen LogP contribution in [0.5, 0.6) is 5.75 Å². The monoisotopic (exact) mass is 345 g/mol. The van der Waals surface area contributed by atoms with Crippen LogP contribution < -0.4 is 10.1 Å². The Morgan fingerprint density at radius 1 is 1.42 bits per heavy atom. The van der Waals surface area contributed by atoms with Gasteiger partial charge in [0.25, 0.3) is 0 Å². The predicted molar refractivity (Wildman–Crippen MR) is 92.2 cm³/mol. The van der Waals surface area contributed by atoms with Crippen molar-refractivity contribution < 1.29 is 14.3 Å². The molecule has 0 bridgehead atoms. The minimum atomic E-state index is -0.640. The normalized spacial score (nSPS) is 16.9. The number of nitrogens with one attached hydrogen (secondary N) is 1. The number of hydrogen-bond donors (Lipinski definition) is 1. The van der Waals surface area contributed by atoms with E-state index in [0.717, 1.165) is 29.0 Å². The number of likely N-dealkylation sites (tertiary alicyclic amines) is 1. The van der Waals surface area contributed by atoms with Crippen LogP contribution in [0.25, 0.3) is 0 Å². The minimum absolute atomic E-state index is 0.101. The van der Waals surface area contributed by atoms with E-state index >= 15 is 0 Å². The summed E-state index contributed by atoms with van der Waals surface area (Å²) >= 11 is 1.35. The van der Waals surface area contributed by atoms with Crippen molar-refractivity contribution in [1.82, 2.24) is 9.88 Å². The van der Waals surface area contributed by atoms with E-state index in [1.807, 2.05) is 31.2 Å². The molecule has 126 valence electrons. The number of ether oxygens (including phenoxy) is 1. The maximum atomic E-state index is 12.6. The Morgan fingerprint density at radius 2 is 2.25 bits per heavy atom. The number of thiazole rings is 1. The largest absolute Gasteiger partial charge is 0.497 e. The number of carbonyl (C=O) groups excluding carboxylic acids is 2. The Bertz CT molecular complexity index is 759. The molecule has 24 heavy (non-hydrogen) atoms. The van der Waals surface area contributed by atoms with Crippen LogP contribution in [0.4, 0.5) is 5.13 Å². The first-order valence-corrected chi connectivity index (χ1v) is 8.58. The highest BCUT2D eigenvalue weighted by molar-refractivity contribution is 7.15. The van der Waals surface area contributed by atoms with Crippen molar-refractivity contribution in [3.8, 4) is 5.75 Å². The van der Waals surface area contributed by atoms with Gasteiger partial charge in [0.2, 0.25) is 0 Å². The fraction of sp³-hybridized carbons (Fsp3) is 0.353. The Kier molecular flexibility index (Phi) is 4.80. The van der Waals surface area contributed by atoms with Gasteiger partial charge < -0.3 is 9.64 Å². The lowest BCUT2D eigenvalue weighted by molar-refractivity contribution is -0.143. The summed E-state index contributed by atoms with van der Waals surface area (Å²) in [6, 6.07) is 7.53. The van der Waals surface area contributed by atoms with Gasteiger partial charge in [-0.15, -0.1) is 11.3 Å². The number of carbonyl (C=O) groups is 2. The molecule has 0 saturated carbocycles. The molecular weight excluding hydrogens is 326 g/mol. The van der Waals surface area contributed by atoms with E-state index < -0.39 is 11.8 Å². The van der Waals surface area contributed by atoms with Crippen molar-refractivity contribution in [1.29, 1.82) is 0 Å². The lowest BCUT2D eigenvalue weighted by Gasteiger charge is -2.24. The maximum Gasteiger partial charge on any atom is 0.315 e. The second kappa shape index (κ2) is 7.00. The molecule has 1 aromatic carbocycles. The number of hydrogen-bond acceptors (Lipinski definition) is 5. The summed E-state index contributed by atoms with van der Waals surface area (Å²) in [4.78, 5) is 31.5. The third-order valence-electron chi connectivity index (χ3n) is 4.03. The van der Waals surface area contributed by atoms with E-state index in [1.165, 1.54) is 11.3 Å². The molecule has 1 aliphatic heterocycles. The van der Waals surface area contributed by atoms with Crippen LogP contribution in [-0.4, -0.2) is 35.4 Å². The third kappa shape index (κ3) is 3.41. The molecule has 7 heteroatoms. The summed E-state index contributed by atoms with van der Waals surface area (Å²) in [5.74, 6) is -0.415. The molecule has 0 radical (unpaired) electrons. The fourth-order valence-corrected chi connectivity index (χ4v) is 3.56. The second-order valence-corrected chi connectivity index (χ2v) is 6.90. The van der Waals surface area contributed by atoms with Gasteiger partial charge in [-0.1, -0.05) is 12.1 Å². The first kappa shape index (κ1) is 16.4. The van der Waals surface area contributed by atoms with Crippen LogP contribution in [0, 0.1) is 6.92 Å². The SMILES string of the molecule is COc1cccc(C2CCCN2C(=O)C(=O)Nc2ncc(C)s2)c1. The van der Waals surface area contributed by atoms with Gasteiger partial charge >= 0.3 is 11.8 Å². The smallest absolute Gasteiger partial charge is 0.315 e. The second-order valence-electron chi connectivity index (χ2n) is 5.66. The summed E-state index contributed by atoms with van der Waals surface area (Å²) in [6.07, 6.45) is 3.37. The molecule has 0 aliphatic carbocycles. The Hall–Kier alpha value is -2.41. The van der Waals surface area contributed by atoms with E-state index in [2.05, 4.69) is 10.3 Å². The van der Waals surface area contributed by atoms with Crippen molar-refractivity contribution >= 4 is 28.3 Å². The fourth-order valence-electron chi connectivity index (χ4n) is 2.90. The molecule has 0 spiro atoms. The average Bonchev–Trinajstić information content (AvgIpc) is 3.23.